The molecule has 20 heavy (non-hydrogen) atoms. The van der Waals surface area contributed by atoms with Crippen molar-refractivity contribution in [1.82, 2.24) is 4.98 Å². The number of hydrogen-bond donors (Lipinski definition) is 0. The first-order chi connectivity index (χ1) is 9.92. The van der Waals surface area contributed by atoms with E-state index in [0.717, 1.165) is 16.6 Å². The van der Waals surface area contributed by atoms with E-state index in [4.69, 9.17) is 0 Å². The third-order valence-corrected chi connectivity index (χ3v) is 4.26. The van der Waals surface area contributed by atoms with Crippen molar-refractivity contribution >= 4 is 40.3 Å². The minimum absolute atomic E-state index is 1.03. The third kappa shape index (κ3) is 1.87. The van der Waals surface area contributed by atoms with Gasteiger partial charge in [0.15, 0.2) is 0 Å². The van der Waals surface area contributed by atoms with Crippen molar-refractivity contribution < 1.29 is 0 Å². The number of nitrogens with zero attached hydrogens (tertiary/aromatic N) is 2. The molecule has 2 heterocycles. The fourth-order valence-corrected chi connectivity index (χ4v) is 3.24. The molecule has 2 aromatic carbocycles. The summed E-state index contributed by atoms with van der Waals surface area (Å²) in [6, 6.07) is 18.8. The molecule has 0 saturated heterocycles. The first-order valence-electron chi connectivity index (χ1n) is 6.49. The van der Waals surface area contributed by atoms with Crippen LogP contribution in [0.4, 0.5) is 11.4 Å². The molecule has 0 aliphatic carbocycles. The molecular formula is C17H12N2S. The molecule has 0 spiro atoms. The second kappa shape index (κ2) is 4.69. The van der Waals surface area contributed by atoms with Crippen LogP contribution < -0.4 is 4.31 Å². The van der Waals surface area contributed by atoms with Crippen molar-refractivity contribution in [2.75, 3.05) is 4.31 Å². The van der Waals surface area contributed by atoms with Crippen molar-refractivity contribution in [3.05, 3.63) is 71.8 Å². The molecule has 0 amide bonds. The van der Waals surface area contributed by atoms with Gasteiger partial charge in [0.25, 0.3) is 0 Å². The van der Waals surface area contributed by atoms with Crippen LogP contribution in [0.3, 0.4) is 0 Å². The lowest BCUT2D eigenvalue weighted by Gasteiger charge is -2.26. The average molecular weight is 276 g/mol. The Hall–Kier alpha value is -2.26. The summed E-state index contributed by atoms with van der Waals surface area (Å²) in [5, 5.41) is 3.27. The number of hydrogen-bond acceptors (Lipinski definition) is 3. The Kier molecular flexibility index (Phi) is 2.71. The molecule has 1 aromatic heterocycles. The number of rotatable bonds is 1. The molecular weight excluding hydrogens is 264 g/mol. The topological polar surface area (TPSA) is 16.1 Å². The van der Waals surface area contributed by atoms with E-state index in [9.17, 15) is 0 Å². The van der Waals surface area contributed by atoms with Crippen LogP contribution in [0.25, 0.3) is 17.0 Å². The van der Waals surface area contributed by atoms with Gasteiger partial charge in [-0.2, -0.15) is 0 Å². The molecule has 1 aliphatic rings. The third-order valence-electron chi connectivity index (χ3n) is 3.38. The summed E-state index contributed by atoms with van der Waals surface area (Å²) in [7, 11) is 0. The number of para-hydroxylation sites is 2. The fraction of sp³-hybridized carbons (Fsp3) is 0. The van der Waals surface area contributed by atoms with E-state index in [2.05, 4.69) is 57.2 Å². The number of benzene rings is 2. The largest absolute Gasteiger partial charge is 0.279 e. The van der Waals surface area contributed by atoms with Crippen LogP contribution in [0.5, 0.6) is 0 Å². The van der Waals surface area contributed by atoms with Gasteiger partial charge in [-0.05, 0) is 47.2 Å². The molecule has 3 aromatic rings. The Balaban J connectivity index is 1.85. The maximum atomic E-state index is 4.55. The highest BCUT2D eigenvalue weighted by Gasteiger charge is 2.15. The van der Waals surface area contributed by atoms with Crippen LogP contribution in [0.15, 0.2) is 66.2 Å². The lowest BCUT2D eigenvalue weighted by atomic mass is 10.1. The molecule has 0 N–H and O–H groups in total. The zero-order valence-electron chi connectivity index (χ0n) is 10.7. The SMILES string of the molecule is C1=Cc2ccccc2N(c2cnc3ccccc3c2)S1. The second-order valence-electron chi connectivity index (χ2n) is 4.65. The molecule has 1 aliphatic heterocycles. The van der Waals surface area contributed by atoms with Gasteiger partial charge < -0.3 is 0 Å². The summed E-state index contributed by atoms with van der Waals surface area (Å²) in [5.74, 6) is 0. The van der Waals surface area contributed by atoms with Gasteiger partial charge >= 0.3 is 0 Å². The Morgan fingerprint density at radius 2 is 1.80 bits per heavy atom. The predicted molar refractivity (Wildman–Crippen MR) is 86.9 cm³/mol. The lowest BCUT2D eigenvalue weighted by Crippen LogP contribution is -2.09. The van der Waals surface area contributed by atoms with Crippen LogP contribution in [0, 0.1) is 0 Å². The van der Waals surface area contributed by atoms with Gasteiger partial charge in [-0.25, -0.2) is 0 Å². The van der Waals surface area contributed by atoms with E-state index in [1.54, 1.807) is 11.9 Å². The quantitative estimate of drug-likeness (QED) is 0.581. The van der Waals surface area contributed by atoms with Crippen molar-refractivity contribution in [2.45, 2.75) is 0 Å². The van der Waals surface area contributed by atoms with Crippen LogP contribution >= 0.6 is 11.9 Å². The maximum absolute atomic E-state index is 4.55. The highest BCUT2D eigenvalue weighted by Crippen LogP contribution is 2.39. The standard InChI is InChI=1S/C17H12N2S/c1-3-7-16-14(6-1)11-15(12-18-16)19-17-8-4-2-5-13(17)9-10-20-19/h1-12H. The van der Waals surface area contributed by atoms with Crippen LogP contribution in [-0.2, 0) is 0 Å². The van der Waals surface area contributed by atoms with E-state index in [1.165, 1.54) is 11.3 Å². The summed E-state index contributed by atoms with van der Waals surface area (Å²) in [5.41, 5.74) is 4.57. The predicted octanol–water partition coefficient (Wildman–Crippen LogP) is 5.01. The molecule has 0 unspecified atom stereocenters. The average Bonchev–Trinajstić information content (AvgIpc) is 2.54. The summed E-state index contributed by atoms with van der Waals surface area (Å²) < 4.78 is 2.22. The smallest absolute Gasteiger partial charge is 0.0718 e. The Morgan fingerprint density at radius 3 is 2.80 bits per heavy atom. The molecule has 3 heteroatoms. The molecule has 0 radical (unpaired) electrons. The summed E-state index contributed by atoms with van der Waals surface area (Å²) in [4.78, 5) is 4.55. The van der Waals surface area contributed by atoms with Crippen molar-refractivity contribution in [1.29, 1.82) is 0 Å². The summed E-state index contributed by atoms with van der Waals surface area (Å²) >= 11 is 1.68. The van der Waals surface area contributed by atoms with Gasteiger partial charge in [0.1, 0.15) is 0 Å². The zero-order chi connectivity index (χ0) is 13.4. The number of aromatic nitrogens is 1. The first-order valence-corrected chi connectivity index (χ1v) is 7.33. The molecule has 0 saturated carbocycles. The van der Waals surface area contributed by atoms with Crippen molar-refractivity contribution in [2.24, 2.45) is 0 Å². The molecule has 2 nitrogen and oxygen atoms in total. The monoisotopic (exact) mass is 276 g/mol. The Labute approximate surface area is 121 Å². The van der Waals surface area contributed by atoms with Gasteiger partial charge in [0.05, 0.1) is 23.1 Å². The van der Waals surface area contributed by atoms with E-state index >= 15 is 0 Å². The highest BCUT2D eigenvalue weighted by molar-refractivity contribution is 8.04. The van der Waals surface area contributed by atoms with E-state index in [1.807, 2.05) is 24.4 Å². The van der Waals surface area contributed by atoms with Crippen molar-refractivity contribution in [3.63, 3.8) is 0 Å². The fourth-order valence-electron chi connectivity index (χ4n) is 2.41. The molecule has 0 bridgehead atoms. The minimum atomic E-state index is 1.03. The first kappa shape index (κ1) is 11.6. The van der Waals surface area contributed by atoms with Gasteiger partial charge in [-0.3, -0.25) is 9.29 Å². The van der Waals surface area contributed by atoms with E-state index in [0.29, 0.717) is 0 Å². The molecule has 4 rings (SSSR count). The van der Waals surface area contributed by atoms with E-state index < -0.39 is 0 Å². The normalized spacial score (nSPS) is 13.5. The Bertz CT molecular complexity index is 811. The minimum Gasteiger partial charge on any atom is -0.279 e. The lowest BCUT2D eigenvalue weighted by molar-refractivity contribution is 1.34. The van der Waals surface area contributed by atoms with Gasteiger partial charge in [0.2, 0.25) is 0 Å². The molecule has 96 valence electrons. The summed E-state index contributed by atoms with van der Waals surface area (Å²) in [6.45, 7) is 0. The van der Waals surface area contributed by atoms with Gasteiger partial charge in [0, 0.05) is 5.39 Å². The molecule has 0 atom stereocenters. The number of anilines is 2. The van der Waals surface area contributed by atoms with Crippen LogP contribution in [0.2, 0.25) is 0 Å². The van der Waals surface area contributed by atoms with Gasteiger partial charge in [-0.15, -0.1) is 0 Å². The van der Waals surface area contributed by atoms with Crippen LogP contribution in [-0.4, -0.2) is 4.98 Å². The second-order valence-corrected chi connectivity index (χ2v) is 5.50. The Morgan fingerprint density at radius 1 is 0.950 bits per heavy atom. The zero-order valence-corrected chi connectivity index (χ0v) is 11.5. The molecule has 0 fully saturated rings. The maximum Gasteiger partial charge on any atom is 0.0718 e. The number of pyridine rings is 1. The van der Waals surface area contributed by atoms with Crippen molar-refractivity contribution in [3.8, 4) is 0 Å². The summed E-state index contributed by atoms with van der Waals surface area (Å²) in [6.07, 6.45) is 4.08. The van der Waals surface area contributed by atoms with Gasteiger partial charge in [-0.1, -0.05) is 36.4 Å². The van der Waals surface area contributed by atoms with E-state index in [-0.39, 0.29) is 0 Å². The number of fused-ring (bicyclic) bond motifs is 2. The van der Waals surface area contributed by atoms with Crippen LogP contribution in [0.1, 0.15) is 5.56 Å². The highest BCUT2D eigenvalue weighted by atomic mass is 32.2.